The number of hydrogen-bond acceptors (Lipinski definition) is 6. The second kappa shape index (κ2) is 5.53. The van der Waals surface area contributed by atoms with Crippen LogP contribution < -0.4 is 10.6 Å². The lowest BCUT2D eigenvalue weighted by atomic mass is 10.2. The quantitative estimate of drug-likeness (QED) is 0.906. The molecule has 2 aromatic rings. The SMILES string of the molecule is CCC(=O)NC1(c2ccco2)N=CC=C(c2nccs2)N1. The standard InChI is InChI=1S/C14H14N4O2S/c1-2-12(19)18-14(11-4-3-8-20-11)16-6-5-10(17-14)13-15-7-9-21-13/h3-9,17H,2H2,1H3,(H,18,19). The molecule has 0 saturated heterocycles. The fourth-order valence-electron chi connectivity index (χ4n) is 2.00. The van der Waals surface area contributed by atoms with E-state index in [1.807, 2.05) is 11.5 Å². The minimum atomic E-state index is -1.13. The van der Waals surface area contributed by atoms with Crippen LogP contribution in [-0.2, 0) is 10.6 Å². The van der Waals surface area contributed by atoms with Crippen molar-refractivity contribution in [3.8, 4) is 0 Å². The first-order valence-electron chi connectivity index (χ1n) is 6.52. The highest BCUT2D eigenvalue weighted by Crippen LogP contribution is 2.28. The van der Waals surface area contributed by atoms with Gasteiger partial charge in [-0.15, -0.1) is 11.3 Å². The van der Waals surface area contributed by atoms with Crippen LogP contribution in [0.1, 0.15) is 24.1 Å². The van der Waals surface area contributed by atoms with Crippen molar-refractivity contribution in [2.45, 2.75) is 19.1 Å². The van der Waals surface area contributed by atoms with Crippen LogP contribution >= 0.6 is 11.3 Å². The summed E-state index contributed by atoms with van der Waals surface area (Å²) in [4.78, 5) is 20.5. The molecule has 3 heterocycles. The molecule has 1 atom stereocenters. The molecule has 6 nitrogen and oxygen atoms in total. The maximum atomic E-state index is 11.9. The average Bonchev–Trinajstić information content (AvgIpc) is 3.20. The van der Waals surface area contributed by atoms with Crippen molar-refractivity contribution in [2.24, 2.45) is 4.99 Å². The summed E-state index contributed by atoms with van der Waals surface area (Å²) >= 11 is 1.51. The van der Waals surface area contributed by atoms with Gasteiger partial charge in [0.1, 0.15) is 5.01 Å². The molecule has 2 aromatic heterocycles. The molecular formula is C14H14N4O2S. The highest BCUT2D eigenvalue weighted by atomic mass is 32.1. The van der Waals surface area contributed by atoms with Gasteiger partial charge >= 0.3 is 0 Å². The first kappa shape index (κ1) is 13.6. The number of aromatic nitrogens is 1. The molecule has 0 spiro atoms. The average molecular weight is 302 g/mol. The number of carbonyl (C=O) groups is 1. The lowest BCUT2D eigenvalue weighted by Crippen LogP contribution is -2.54. The Kier molecular flexibility index (Phi) is 3.57. The third-order valence-corrected chi connectivity index (χ3v) is 3.81. The summed E-state index contributed by atoms with van der Waals surface area (Å²) in [6.07, 6.45) is 7.10. The fraction of sp³-hybridized carbons (Fsp3) is 0.214. The van der Waals surface area contributed by atoms with Crippen LogP contribution in [0.4, 0.5) is 0 Å². The van der Waals surface area contributed by atoms with Crippen LogP contribution in [0.5, 0.6) is 0 Å². The third-order valence-electron chi connectivity index (χ3n) is 3.01. The summed E-state index contributed by atoms with van der Waals surface area (Å²) in [5.74, 6) is -0.744. The Morgan fingerprint density at radius 3 is 3.14 bits per heavy atom. The van der Waals surface area contributed by atoms with Crippen molar-refractivity contribution < 1.29 is 9.21 Å². The van der Waals surface area contributed by atoms with Crippen LogP contribution in [0.3, 0.4) is 0 Å². The Labute approximate surface area is 125 Å². The van der Waals surface area contributed by atoms with Gasteiger partial charge in [-0.2, -0.15) is 0 Å². The van der Waals surface area contributed by atoms with Gasteiger partial charge in [-0.25, -0.2) is 9.98 Å². The number of hydrogen-bond donors (Lipinski definition) is 2. The van der Waals surface area contributed by atoms with E-state index < -0.39 is 5.79 Å². The molecule has 108 valence electrons. The van der Waals surface area contributed by atoms with E-state index >= 15 is 0 Å². The highest BCUT2D eigenvalue weighted by molar-refractivity contribution is 7.10. The predicted octanol–water partition coefficient (Wildman–Crippen LogP) is 2.09. The molecule has 1 aliphatic rings. The zero-order chi connectivity index (χ0) is 14.7. The maximum Gasteiger partial charge on any atom is 0.268 e. The van der Waals surface area contributed by atoms with E-state index in [9.17, 15) is 4.79 Å². The van der Waals surface area contributed by atoms with E-state index in [0.29, 0.717) is 12.2 Å². The van der Waals surface area contributed by atoms with Crippen LogP contribution in [-0.4, -0.2) is 17.1 Å². The molecule has 0 radical (unpaired) electrons. The smallest absolute Gasteiger partial charge is 0.268 e. The molecule has 1 aliphatic heterocycles. The van der Waals surface area contributed by atoms with Gasteiger partial charge in [-0.3, -0.25) is 4.79 Å². The van der Waals surface area contributed by atoms with Gasteiger partial charge in [0, 0.05) is 24.2 Å². The Morgan fingerprint density at radius 1 is 1.57 bits per heavy atom. The summed E-state index contributed by atoms with van der Waals surface area (Å²) in [7, 11) is 0. The number of furan rings is 1. The second-order valence-corrected chi connectivity index (χ2v) is 5.30. The topological polar surface area (TPSA) is 79.5 Å². The molecule has 7 heteroatoms. The van der Waals surface area contributed by atoms with E-state index in [2.05, 4.69) is 20.6 Å². The number of amides is 1. The second-order valence-electron chi connectivity index (χ2n) is 4.41. The Balaban J connectivity index is 1.97. The minimum absolute atomic E-state index is 0.128. The van der Waals surface area contributed by atoms with Gasteiger partial charge in [0.2, 0.25) is 5.91 Å². The highest BCUT2D eigenvalue weighted by Gasteiger charge is 2.38. The molecular weight excluding hydrogens is 288 g/mol. The number of nitrogens with one attached hydrogen (secondary N) is 2. The van der Waals surface area contributed by atoms with E-state index in [4.69, 9.17) is 4.42 Å². The largest absolute Gasteiger partial charge is 0.463 e. The number of nitrogens with zero attached hydrogens (tertiary/aromatic N) is 2. The number of carbonyl (C=O) groups excluding carboxylic acids is 1. The molecule has 2 N–H and O–H groups in total. The van der Waals surface area contributed by atoms with Crippen molar-refractivity contribution in [1.82, 2.24) is 15.6 Å². The first-order valence-corrected chi connectivity index (χ1v) is 7.40. The van der Waals surface area contributed by atoms with Gasteiger partial charge in [-0.05, 0) is 18.2 Å². The van der Waals surface area contributed by atoms with E-state index in [1.165, 1.54) is 11.3 Å². The van der Waals surface area contributed by atoms with Crippen molar-refractivity contribution in [2.75, 3.05) is 0 Å². The minimum Gasteiger partial charge on any atom is -0.463 e. The molecule has 1 unspecified atom stereocenters. The number of thiazole rings is 1. The Morgan fingerprint density at radius 2 is 2.48 bits per heavy atom. The summed E-state index contributed by atoms with van der Waals surface area (Å²) < 4.78 is 5.45. The normalized spacial score (nSPS) is 20.7. The maximum absolute atomic E-state index is 11.9. The number of rotatable bonds is 4. The summed E-state index contributed by atoms with van der Waals surface area (Å²) in [5, 5.41) is 8.81. The zero-order valence-corrected chi connectivity index (χ0v) is 12.2. The van der Waals surface area contributed by atoms with E-state index in [1.54, 1.807) is 37.7 Å². The van der Waals surface area contributed by atoms with Crippen molar-refractivity contribution in [1.29, 1.82) is 0 Å². The third kappa shape index (κ3) is 2.59. The molecule has 0 saturated carbocycles. The Bertz CT molecular complexity index is 676. The van der Waals surface area contributed by atoms with Crippen LogP contribution in [0.15, 0.2) is 45.5 Å². The van der Waals surface area contributed by atoms with Crippen molar-refractivity contribution >= 4 is 29.2 Å². The summed E-state index contributed by atoms with van der Waals surface area (Å²) in [6, 6.07) is 3.53. The van der Waals surface area contributed by atoms with Crippen LogP contribution in [0.2, 0.25) is 0 Å². The van der Waals surface area contributed by atoms with Gasteiger partial charge in [0.15, 0.2) is 5.76 Å². The van der Waals surface area contributed by atoms with E-state index in [-0.39, 0.29) is 5.91 Å². The molecule has 3 rings (SSSR count). The van der Waals surface area contributed by atoms with Crippen LogP contribution in [0.25, 0.3) is 5.70 Å². The first-order chi connectivity index (χ1) is 10.2. The van der Waals surface area contributed by atoms with Gasteiger partial charge < -0.3 is 15.1 Å². The molecule has 0 aromatic carbocycles. The fourth-order valence-corrected chi connectivity index (χ4v) is 2.62. The van der Waals surface area contributed by atoms with Gasteiger partial charge in [0.25, 0.3) is 5.79 Å². The zero-order valence-electron chi connectivity index (χ0n) is 11.4. The monoisotopic (exact) mass is 302 g/mol. The molecule has 1 amide bonds. The molecule has 0 aliphatic carbocycles. The number of aliphatic imine (C=N–C) groups is 1. The predicted molar refractivity (Wildman–Crippen MR) is 80.5 cm³/mol. The number of allylic oxidation sites excluding steroid dienone is 1. The molecule has 21 heavy (non-hydrogen) atoms. The van der Waals surface area contributed by atoms with Crippen LogP contribution in [0, 0.1) is 0 Å². The molecule has 0 bridgehead atoms. The van der Waals surface area contributed by atoms with E-state index in [0.717, 1.165) is 10.7 Å². The summed E-state index contributed by atoms with van der Waals surface area (Å²) in [5.41, 5.74) is 0.785. The van der Waals surface area contributed by atoms with Crippen molar-refractivity contribution in [3.05, 3.63) is 46.8 Å². The molecule has 0 fully saturated rings. The summed E-state index contributed by atoms with van der Waals surface area (Å²) in [6.45, 7) is 1.79. The van der Waals surface area contributed by atoms with Gasteiger partial charge in [0.05, 0.1) is 12.0 Å². The van der Waals surface area contributed by atoms with Gasteiger partial charge in [-0.1, -0.05) is 6.92 Å². The van der Waals surface area contributed by atoms with Crippen molar-refractivity contribution in [3.63, 3.8) is 0 Å². The Hall–Kier alpha value is -2.41. The lowest BCUT2D eigenvalue weighted by Gasteiger charge is -2.33. The lowest BCUT2D eigenvalue weighted by molar-refractivity contribution is -0.123.